The third-order valence-corrected chi connectivity index (χ3v) is 9.21. The van der Waals surface area contributed by atoms with E-state index in [-0.39, 0.29) is 30.9 Å². The molecule has 0 radical (unpaired) electrons. The molecule has 1 fully saturated rings. The molecule has 2 aliphatic carbocycles. The zero-order valence-electron chi connectivity index (χ0n) is 25.5. The zero-order chi connectivity index (χ0) is 31.1. The lowest BCUT2D eigenvalue weighted by atomic mass is 9.84. The second-order valence-corrected chi connectivity index (χ2v) is 12.2. The lowest BCUT2D eigenvalue weighted by Crippen LogP contribution is -2.57. The first-order valence-electron chi connectivity index (χ1n) is 15.8. The van der Waals surface area contributed by atoms with Crippen molar-refractivity contribution in [3.8, 4) is 11.1 Å². The molecule has 2 amide bonds. The van der Waals surface area contributed by atoms with Gasteiger partial charge in [0.25, 0.3) is 0 Å². The maximum Gasteiger partial charge on any atom is 0.323 e. The molecule has 0 unspecified atom stereocenters. The number of fused-ring (bicyclic) bond motifs is 3. The van der Waals surface area contributed by atoms with Crippen LogP contribution in [0.2, 0.25) is 0 Å². The van der Waals surface area contributed by atoms with Gasteiger partial charge >= 0.3 is 11.9 Å². The second kappa shape index (κ2) is 14.7. The van der Waals surface area contributed by atoms with Gasteiger partial charge in [-0.2, -0.15) is 0 Å². The van der Waals surface area contributed by atoms with Crippen molar-refractivity contribution in [3.05, 3.63) is 71.8 Å². The number of carboxylic acids is 1. The van der Waals surface area contributed by atoms with Gasteiger partial charge in [0, 0.05) is 19.5 Å². The Labute approximate surface area is 259 Å². The molecule has 2 atom stereocenters. The van der Waals surface area contributed by atoms with Crippen LogP contribution < -0.4 is 5.32 Å². The molecule has 44 heavy (non-hydrogen) atoms. The number of nitrogens with zero attached hydrogens (tertiary/aromatic N) is 2. The van der Waals surface area contributed by atoms with Crippen LogP contribution in [0, 0.1) is 5.92 Å². The summed E-state index contributed by atoms with van der Waals surface area (Å²) in [5, 5.41) is 12.4. The summed E-state index contributed by atoms with van der Waals surface area (Å²) in [6, 6.07) is 14.9. The fourth-order valence-corrected chi connectivity index (χ4v) is 6.96. The van der Waals surface area contributed by atoms with Crippen molar-refractivity contribution in [3.63, 3.8) is 0 Å². The second-order valence-electron chi connectivity index (χ2n) is 12.2. The molecular weight excluding hydrogens is 558 g/mol. The monoisotopic (exact) mass is 601 g/mol. The smallest absolute Gasteiger partial charge is 0.323 e. The number of aliphatic carboxylic acids is 1. The highest BCUT2D eigenvalue weighted by Gasteiger charge is 2.37. The van der Waals surface area contributed by atoms with Crippen LogP contribution in [0.25, 0.3) is 11.1 Å². The molecule has 0 saturated heterocycles. The average molecular weight is 602 g/mol. The lowest BCUT2D eigenvalue weighted by molar-refractivity contribution is -0.150. The predicted molar refractivity (Wildman–Crippen MR) is 167 cm³/mol. The highest BCUT2D eigenvalue weighted by molar-refractivity contribution is 5.91. The van der Waals surface area contributed by atoms with E-state index >= 15 is 0 Å². The molecule has 0 spiro atoms. The summed E-state index contributed by atoms with van der Waals surface area (Å²) in [6.45, 7) is -0.0186. The predicted octanol–water partition coefficient (Wildman–Crippen LogP) is 4.36. The molecule has 2 N–H and O–H groups in total. The Morgan fingerprint density at radius 2 is 1.66 bits per heavy atom. The number of carbonyl (C=O) groups is 4. The van der Waals surface area contributed by atoms with Crippen molar-refractivity contribution in [2.45, 2.75) is 69.4 Å². The number of amides is 2. The average Bonchev–Trinajstić information content (AvgIpc) is 3.34. The molecular formula is C35H43N3O6. The van der Waals surface area contributed by atoms with Gasteiger partial charge in [0.2, 0.25) is 11.8 Å². The van der Waals surface area contributed by atoms with Crippen LogP contribution in [-0.2, 0) is 23.9 Å². The summed E-state index contributed by atoms with van der Waals surface area (Å²) in [5.74, 6) is -1.90. The van der Waals surface area contributed by atoms with Crippen LogP contribution in [0.15, 0.2) is 60.7 Å². The highest BCUT2D eigenvalue weighted by atomic mass is 16.5. The van der Waals surface area contributed by atoms with Crippen molar-refractivity contribution in [2.75, 3.05) is 33.3 Å². The number of carboxylic acid groups (broad SMARTS) is 1. The van der Waals surface area contributed by atoms with E-state index in [9.17, 15) is 24.3 Å². The van der Waals surface area contributed by atoms with E-state index in [0.717, 1.165) is 47.9 Å². The van der Waals surface area contributed by atoms with E-state index in [2.05, 4.69) is 29.6 Å². The fraction of sp³-hybridized carbons (Fsp3) is 0.486. The lowest BCUT2D eigenvalue weighted by Gasteiger charge is -2.38. The summed E-state index contributed by atoms with van der Waals surface area (Å²) >= 11 is 0. The summed E-state index contributed by atoms with van der Waals surface area (Å²) in [6.07, 6.45) is 10.8. The van der Waals surface area contributed by atoms with Crippen molar-refractivity contribution < 1.29 is 29.0 Å². The largest absolute Gasteiger partial charge is 0.480 e. The first kappa shape index (κ1) is 31.4. The standard InChI is InChI=1S/C35H43N3O6/c1-37(22-32(39)40)35(43)31(20-24-12-4-2-5-13-24)38-19-11-3-6-18-30(34(38)42)36-21-33(41)44-23-29-27-16-9-7-14-25(27)26-15-8-10-17-28(26)29/h3,6-10,14-17,24,29-31,36H,2,4-5,11-13,18-23H2,1H3,(H,39,40)/b6-3-/t30-,31-/m0/s1. The molecule has 1 saturated carbocycles. The quantitative estimate of drug-likeness (QED) is 0.290. The number of esters is 1. The van der Waals surface area contributed by atoms with Crippen LogP contribution in [-0.4, -0.2) is 84.0 Å². The van der Waals surface area contributed by atoms with Gasteiger partial charge in [0.05, 0.1) is 12.6 Å². The Morgan fingerprint density at radius 1 is 1.00 bits per heavy atom. The van der Waals surface area contributed by atoms with Gasteiger partial charge in [-0.3, -0.25) is 24.5 Å². The maximum atomic E-state index is 14.0. The Hall–Kier alpha value is -3.98. The van der Waals surface area contributed by atoms with E-state index in [4.69, 9.17) is 4.74 Å². The maximum absolute atomic E-state index is 14.0. The van der Waals surface area contributed by atoms with Crippen LogP contribution in [0.5, 0.6) is 0 Å². The Kier molecular flexibility index (Phi) is 10.5. The molecule has 234 valence electrons. The Balaban J connectivity index is 1.25. The van der Waals surface area contributed by atoms with Crippen molar-refractivity contribution in [2.24, 2.45) is 5.92 Å². The number of ether oxygens (including phenoxy) is 1. The number of hydrogen-bond acceptors (Lipinski definition) is 6. The third kappa shape index (κ3) is 7.38. The van der Waals surface area contributed by atoms with Gasteiger partial charge in [0.15, 0.2) is 0 Å². The first-order valence-corrected chi connectivity index (χ1v) is 15.8. The van der Waals surface area contributed by atoms with E-state index in [0.29, 0.717) is 31.7 Å². The number of hydrogen-bond donors (Lipinski definition) is 2. The Morgan fingerprint density at radius 3 is 2.32 bits per heavy atom. The van der Waals surface area contributed by atoms with Gasteiger partial charge in [-0.1, -0.05) is 92.8 Å². The highest BCUT2D eigenvalue weighted by Crippen LogP contribution is 2.44. The summed E-state index contributed by atoms with van der Waals surface area (Å²) in [7, 11) is 1.48. The summed E-state index contributed by atoms with van der Waals surface area (Å²) in [4.78, 5) is 54.8. The molecule has 1 heterocycles. The molecule has 0 bridgehead atoms. The molecule has 2 aromatic carbocycles. The molecule has 9 heteroatoms. The summed E-state index contributed by atoms with van der Waals surface area (Å²) in [5.41, 5.74) is 4.57. The van der Waals surface area contributed by atoms with Crippen molar-refractivity contribution >= 4 is 23.8 Å². The number of carbonyl (C=O) groups excluding carboxylic acids is 3. The number of nitrogens with one attached hydrogen (secondary N) is 1. The third-order valence-electron chi connectivity index (χ3n) is 9.21. The number of likely N-dealkylation sites (N-methyl/N-ethyl adjacent to an activating group) is 1. The fourth-order valence-electron chi connectivity index (χ4n) is 6.96. The van der Waals surface area contributed by atoms with E-state index < -0.39 is 30.6 Å². The summed E-state index contributed by atoms with van der Waals surface area (Å²) < 4.78 is 5.74. The van der Waals surface area contributed by atoms with Crippen molar-refractivity contribution in [1.82, 2.24) is 15.1 Å². The minimum Gasteiger partial charge on any atom is -0.480 e. The van der Waals surface area contributed by atoms with Gasteiger partial charge < -0.3 is 19.6 Å². The normalized spacial score (nSPS) is 20.2. The molecule has 3 aliphatic rings. The van der Waals surface area contributed by atoms with Gasteiger partial charge in [0.1, 0.15) is 19.2 Å². The minimum absolute atomic E-state index is 0.0536. The molecule has 2 aromatic rings. The van der Waals surface area contributed by atoms with Gasteiger partial charge in [-0.15, -0.1) is 0 Å². The van der Waals surface area contributed by atoms with E-state index in [1.54, 1.807) is 4.90 Å². The zero-order valence-corrected chi connectivity index (χ0v) is 25.5. The van der Waals surface area contributed by atoms with Crippen LogP contribution >= 0.6 is 0 Å². The van der Waals surface area contributed by atoms with Crippen LogP contribution in [0.1, 0.15) is 68.4 Å². The van der Waals surface area contributed by atoms with Crippen molar-refractivity contribution in [1.29, 1.82) is 0 Å². The number of rotatable bonds is 11. The van der Waals surface area contributed by atoms with E-state index in [1.165, 1.54) is 18.4 Å². The molecule has 0 aromatic heterocycles. The molecule has 9 nitrogen and oxygen atoms in total. The van der Waals surface area contributed by atoms with Gasteiger partial charge in [-0.05, 0) is 47.4 Å². The van der Waals surface area contributed by atoms with E-state index in [1.807, 2.05) is 36.4 Å². The Bertz CT molecular complexity index is 1340. The topological polar surface area (TPSA) is 116 Å². The van der Waals surface area contributed by atoms with Crippen LogP contribution in [0.3, 0.4) is 0 Å². The minimum atomic E-state index is -1.10. The van der Waals surface area contributed by atoms with Gasteiger partial charge in [-0.25, -0.2) is 0 Å². The van der Waals surface area contributed by atoms with Crippen LogP contribution in [0.4, 0.5) is 0 Å². The SMILES string of the molecule is CN(CC(=O)O)C(=O)[C@H](CC1CCCCC1)N1CC/C=C\C[C@H](NCC(=O)OCC2c3ccccc3-c3ccccc32)C1=O. The number of benzene rings is 2. The molecule has 5 rings (SSSR count). The molecule has 1 aliphatic heterocycles. The first-order chi connectivity index (χ1) is 21.3.